The summed E-state index contributed by atoms with van der Waals surface area (Å²) in [5, 5.41) is 0. The summed E-state index contributed by atoms with van der Waals surface area (Å²) in [6.45, 7) is 4.89. The van der Waals surface area contributed by atoms with Gasteiger partial charge >= 0.3 is 0 Å². The molecule has 2 rings (SSSR count). The second-order valence-electron chi connectivity index (χ2n) is 3.95. The van der Waals surface area contributed by atoms with E-state index in [1.807, 2.05) is 18.2 Å². The van der Waals surface area contributed by atoms with E-state index >= 15 is 0 Å². The molecule has 1 aromatic carbocycles. The molecule has 0 bridgehead atoms. The summed E-state index contributed by atoms with van der Waals surface area (Å²) >= 11 is 0. The highest BCUT2D eigenvalue weighted by Gasteiger charge is 2.10. The van der Waals surface area contributed by atoms with Crippen molar-refractivity contribution in [2.45, 2.75) is 32.7 Å². The highest BCUT2D eigenvalue weighted by atomic mass is 14.9. The van der Waals surface area contributed by atoms with E-state index in [-0.39, 0.29) is 0 Å². The molecule has 1 heterocycles. The third kappa shape index (κ3) is 1.75. The quantitative estimate of drug-likeness (QED) is 0.805. The summed E-state index contributed by atoms with van der Waals surface area (Å²) in [5.74, 6) is 1.54. The number of nitrogens with one attached hydrogen (secondary N) is 1. The van der Waals surface area contributed by atoms with E-state index in [0.717, 1.165) is 28.8 Å². The number of fused-ring (bicyclic) bond motifs is 1. The van der Waals surface area contributed by atoms with Crippen molar-refractivity contribution in [2.24, 2.45) is 5.73 Å². The fraction of sp³-hybridized carbons (Fsp3) is 0.417. The van der Waals surface area contributed by atoms with Crippen LogP contribution in [0.25, 0.3) is 11.0 Å². The number of nitrogens with two attached hydrogens (primary N) is 1. The lowest BCUT2D eigenvalue weighted by Crippen LogP contribution is -1.97. The van der Waals surface area contributed by atoms with E-state index in [4.69, 9.17) is 5.73 Å². The molecule has 1 unspecified atom stereocenters. The maximum Gasteiger partial charge on any atom is 0.110 e. The van der Waals surface area contributed by atoms with E-state index in [0.29, 0.717) is 12.5 Å². The molecule has 80 valence electrons. The van der Waals surface area contributed by atoms with E-state index in [1.54, 1.807) is 0 Å². The van der Waals surface area contributed by atoms with Crippen LogP contribution in [0.3, 0.4) is 0 Å². The Morgan fingerprint density at radius 1 is 1.47 bits per heavy atom. The van der Waals surface area contributed by atoms with Crippen LogP contribution in [0.4, 0.5) is 0 Å². The van der Waals surface area contributed by atoms with Gasteiger partial charge in [0.25, 0.3) is 0 Å². The molecule has 0 aliphatic carbocycles. The zero-order chi connectivity index (χ0) is 10.8. The SMILES string of the molecule is CCC(C)c1nc2c(CN)cccc2[nH]1. The maximum atomic E-state index is 5.68. The molecule has 0 radical (unpaired) electrons. The van der Waals surface area contributed by atoms with E-state index in [1.165, 1.54) is 0 Å². The topological polar surface area (TPSA) is 54.7 Å². The highest BCUT2D eigenvalue weighted by molar-refractivity contribution is 5.78. The Labute approximate surface area is 89.7 Å². The molecule has 0 fully saturated rings. The number of aromatic nitrogens is 2. The van der Waals surface area contributed by atoms with Crippen LogP contribution in [-0.2, 0) is 6.54 Å². The van der Waals surface area contributed by atoms with Crippen molar-refractivity contribution in [1.29, 1.82) is 0 Å². The molecule has 2 aromatic rings. The van der Waals surface area contributed by atoms with E-state index in [9.17, 15) is 0 Å². The Morgan fingerprint density at radius 2 is 2.27 bits per heavy atom. The van der Waals surface area contributed by atoms with Crippen molar-refractivity contribution >= 4 is 11.0 Å². The van der Waals surface area contributed by atoms with Gasteiger partial charge in [0.2, 0.25) is 0 Å². The number of hydrogen-bond acceptors (Lipinski definition) is 2. The molecule has 1 atom stereocenters. The number of H-pyrrole nitrogens is 1. The third-order valence-electron chi connectivity index (χ3n) is 2.91. The monoisotopic (exact) mass is 203 g/mol. The van der Waals surface area contributed by atoms with Crippen molar-refractivity contribution in [3.8, 4) is 0 Å². The molecule has 3 N–H and O–H groups in total. The molecule has 3 nitrogen and oxygen atoms in total. The Morgan fingerprint density at radius 3 is 2.93 bits per heavy atom. The molecule has 0 saturated carbocycles. The van der Waals surface area contributed by atoms with Crippen molar-refractivity contribution in [1.82, 2.24) is 9.97 Å². The van der Waals surface area contributed by atoms with Gasteiger partial charge in [0.15, 0.2) is 0 Å². The summed E-state index contributed by atoms with van der Waals surface area (Å²) < 4.78 is 0. The van der Waals surface area contributed by atoms with Crippen molar-refractivity contribution in [3.05, 3.63) is 29.6 Å². The summed E-state index contributed by atoms with van der Waals surface area (Å²) in [4.78, 5) is 7.97. The first-order valence-corrected chi connectivity index (χ1v) is 5.43. The number of aromatic amines is 1. The van der Waals surface area contributed by atoms with Gasteiger partial charge in [0, 0.05) is 12.5 Å². The molecule has 0 amide bonds. The minimum absolute atomic E-state index is 0.475. The Balaban J connectivity index is 2.55. The second-order valence-corrected chi connectivity index (χ2v) is 3.95. The van der Waals surface area contributed by atoms with Gasteiger partial charge in [-0.2, -0.15) is 0 Å². The summed E-state index contributed by atoms with van der Waals surface area (Å²) in [5.41, 5.74) is 8.90. The third-order valence-corrected chi connectivity index (χ3v) is 2.91. The van der Waals surface area contributed by atoms with Crippen LogP contribution in [0.1, 0.15) is 37.6 Å². The predicted octanol–water partition coefficient (Wildman–Crippen LogP) is 2.54. The number of hydrogen-bond donors (Lipinski definition) is 2. The number of rotatable bonds is 3. The zero-order valence-corrected chi connectivity index (χ0v) is 9.25. The first kappa shape index (κ1) is 10.2. The van der Waals surface area contributed by atoms with Gasteiger partial charge in [-0.1, -0.05) is 26.0 Å². The molecule has 0 aliphatic rings. The van der Waals surface area contributed by atoms with E-state index < -0.39 is 0 Å². The van der Waals surface area contributed by atoms with Crippen LogP contribution < -0.4 is 5.73 Å². The number of nitrogens with zero attached hydrogens (tertiary/aromatic N) is 1. The first-order valence-electron chi connectivity index (χ1n) is 5.43. The highest BCUT2D eigenvalue weighted by Crippen LogP contribution is 2.21. The van der Waals surface area contributed by atoms with Gasteiger partial charge in [0.1, 0.15) is 5.82 Å². The molecule has 15 heavy (non-hydrogen) atoms. The molecule has 3 heteroatoms. The normalized spacial score (nSPS) is 13.3. The molecular formula is C12H17N3. The number of imidazole rings is 1. The summed E-state index contributed by atoms with van der Waals surface area (Å²) in [6, 6.07) is 6.10. The molecule has 0 spiro atoms. The molecule has 0 aliphatic heterocycles. The lowest BCUT2D eigenvalue weighted by Gasteiger charge is -2.01. The zero-order valence-electron chi connectivity index (χ0n) is 9.25. The molecule has 1 aromatic heterocycles. The van der Waals surface area contributed by atoms with Crippen molar-refractivity contribution in [3.63, 3.8) is 0 Å². The van der Waals surface area contributed by atoms with Gasteiger partial charge in [0.05, 0.1) is 11.0 Å². The minimum atomic E-state index is 0.475. The van der Waals surface area contributed by atoms with Crippen LogP contribution in [-0.4, -0.2) is 9.97 Å². The molecular weight excluding hydrogens is 186 g/mol. The van der Waals surface area contributed by atoms with E-state index in [2.05, 4.69) is 23.8 Å². The second kappa shape index (κ2) is 4.03. The lowest BCUT2D eigenvalue weighted by molar-refractivity contribution is 0.692. The average Bonchev–Trinajstić information content (AvgIpc) is 2.71. The number of para-hydroxylation sites is 1. The van der Waals surface area contributed by atoms with Gasteiger partial charge < -0.3 is 10.7 Å². The fourth-order valence-corrected chi connectivity index (χ4v) is 1.70. The first-order chi connectivity index (χ1) is 7.26. The fourth-order valence-electron chi connectivity index (χ4n) is 1.70. The van der Waals surface area contributed by atoms with Gasteiger partial charge in [-0.15, -0.1) is 0 Å². The van der Waals surface area contributed by atoms with Crippen LogP contribution in [0.5, 0.6) is 0 Å². The maximum absolute atomic E-state index is 5.68. The summed E-state index contributed by atoms with van der Waals surface area (Å²) in [7, 11) is 0. The largest absolute Gasteiger partial charge is 0.342 e. The standard InChI is InChI=1S/C12H17N3/c1-3-8(2)12-14-10-6-4-5-9(7-13)11(10)15-12/h4-6,8H,3,7,13H2,1-2H3,(H,14,15). The Kier molecular flexibility index (Phi) is 2.73. The molecule has 0 saturated heterocycles. The van der Waals surface area contributed by atoms with Crippen LogP contribution >= 0.6 is 0 Å². The number of benzene rings is 1. The van der Waals surface area contributed by atoms with Crippen LogP contribution in [0.2, 0.25) is 0 Å². The van der Waals surface area contributed by atoms with Crippen molar-refractivity contribution in [2.75, 3.05) is 0 Å². The van der Waals surface area contributed by atoms with Crippen LogP contribution in [0.15, 0.2) is 18.2 Å². The van der Waals surface area contributed by atoms with Crippen LogP contribution in [0, 0.1) is 0 Å². The summed E-state index contributed by atoms with van der Waals surface area (Å²) in [6.07, 6.45) is 1.10. The Hall–Kier alpha value is -1.35. The minimum Gasteiger partial charge on any atom is -0.342 e. The lowest BCUT2D eigenvalue weighted by atomic mass is 10.1. The smallest absolute Gasteiger partial charge is 0.110 e. The van der Waals surface area contributed by atoms with Crippen molar-refractivity contribution < 1.29 is 0 Å². The Bertz CT molecular complexity index is 459. The average molecular weight is 203 g/mol. The van der Waals surface area contributed by atoms with Gasteiger partial charge in [-0.05, 0) is 18.1 Å². The van der Waals surface area contributed by atoms with Gasteiger partial charge in [-0.25, -0.2) is 4.98 Å². The predicted molar refractivity (Wildman–Crippen MR) is 62.7 cm³/mol. The van der Waals surface area contributed by atoms with Gasteiger partial charge in [-0.3, -0.25) is 0 Å².